The van der Waals surface area contributed by atoms with Gasteiger partial charge in [0.05, 0.1) is 12.7 Å². The van der Waals surface area contributed by atoms with Crippen LogP contribution in [0.2, 0.25) is 0 Å². The maximum absolute atomic E-state index is 8.90. The molecule has 4 heteroatoms. The normalized spacial score (nSPS) is 30.1. The van der Waals surface area contributed by atoms with E-state index in [0.29, 0.717) is 12.4 Å². The van der Waals surface area contributed by atoms with Crippen molar-refractivity contribution in [3.63, 3.8) is 0 Å². The van der Waals surface area contributed by atoms with Gasteiger partial charge in [0.15, 0.2) is 0 Å². The zero-order chi connectivity index (χ0) is 9.84. The molecule has 0 aromatic rings. The average molecular weight is 188 g/mol. The second kappa shape index (κ2) is 4.60. The highest BCUT2D eigenvalue weighted by atomic mass is 16.8. The molecule has 0 aromatic carbocycles. The Labute approximate surface area is 78.1 Å². The Morgan fingerprint density at radius 2 is 2.46 bits per heavy atom. The fraction of sp³-hybridized carbons (Fsp3) is 0.778. The first-order valence-electron chi connectivity index (χ1n) is 4.44. The van der Waals surface area contributed by atoms with Gasteiger partial charge in [-0.25, -0.2) is 0 Å². The van der Waals surface area contributed by atoms with E-state index in [2.05, 4.69) is 6.58 Å². The Hall–Kier alpha value is -0.580. The number of hydrogen-bond acceptors (Lipinski definition) is 4. The summed E-state index contributed by atoms with van der Waals surface area (Å²) in [4.78, 5) is 0. The molecule has 0 radical (unpaired) electrons. The van der Waals surface area contributed by atoms with Gasteiger partial charge in [-0.05, 0) is 13.3 Å². The highest BCUT2D eigenvalue weighted by Crippen LogP contribution is 2.18. The quantitative estimate of drug-likeness (QED) is 0.669. The van der Waals surface area contributed by atoms with Crippen molar-refractivity contribution in [2.75, 3.05) is 6.61 Å². The SMILES string of the molecule is C=C(O[C@@H](C)CC)C1COC(O)O1. The summed E-state index contributed by atoms with van der Waals surface area (Å²) < 4.78 is 15.2. The maximum atomic E-state index is 8.90. The molecule has 0 spiro atoms. The molecule has 0 aromatic heterocycles. The predicted octanol–water partition coefficient (Wildman–Crippen LogP) is 1.01. The van der Waals surface area contributed by atoms with Crippen molar-refractivity contribution in [1.82, 2.24) is 0 Å². The highest BCUT2D eigenvalue weighted by molar-refractivity contribution is 4.95. The molecule has 1 fully saturated rings. The van der Waals surface area contributed by atoms with Crippen molar-refractivity contribution >= 4 is 0 Å². The van der Waals surface area contributed by atoms with Gasteiger partial charge in [0.1, 0.15) is 11.9 Å². The van der Waals surface area contributed by atoms with E-state index in [9.17, 15) is 0 Å². The average Bonchev–Trinajstić information content (AvgIpc) is 2.51. The fourth-order valence-corrected chi connectivity index (χ4v) is 0.975. The first-order valence-corrected chi connectivity index (χ1v) is 4.44. The van der Waals surface area contributed by atoms with Gasteiger partial charge in [0, 0.05) is 0 Å². The van der Waals surface area contributed by atoms with Crippen molar-refractivity contribution < 1.29 is 19.3 Å². The summed E-state index contributed by atoms with van der Waals surface area (Å²) in [6.07, 6.45) is 0.688. The lowest BCUT2D eigenvalue weighted by Gasteiger charge is -2.17. The summed E-state index contributed by atoms with van der Waals surface area (Å²) in [6.45, 7) is 6.87. The van der Waals surface area contributed by atoms with Gasteiger partial charge in [-0.2, -0.15) is 0 Å². The summed E-state index contributed by atoms with van der Waals surface area (Å²) >= 11 is 0. The van der Waals surface area contributed by atoms with Gasteiger partial charge in [0.2, 0.25) is 0 Å². The van der Waals surface area contributed by atoms with E-state index < -0.39 is 6.48 Å². The van der Waals surface area contributed by atoms with Gasteiger partial charge in [-0.1, -0.05) is 13.5 Å². The summed E-state index contributed by atoms with van der Waals surface area (Å²) in [5.41, 5.74) is 0. The fourth-order valence-electron chi connectivity index (χ4n) is 0.975. The van der Waals surface area contributed by atoms with Crippen molar-refractivity contribution in [3.8, 4) is 0 Å². The molecule has 4 nitrogen and oxygen atoms in total. The van der Waals surface area contributed by atoms with Gasteiger partial charge < -0.3 is 19.3 Å². The van der Waals surface area contributed by atoms with E-state index in [1.54, 1.807) is 0 Å². The van der Waals surface area contributed by atoms with Crippen LogP contribution in [0.25, 0.3) is 0 Å². The first-order chi connectivity index (χ1) is 6.13. The predicted molar refractivity (Wildman–Crippen MR) is 46.8 cm³/mol. The zero-order valence-corrected chi connectivity index (χ0v) is 8.03. The van der Waals surface area contributed by atoms with Crippen molar-refractivity contribution in [1.29, 1.82) is 0 Å². The molecule has 0 bridgehead atoms. The third kappa shape index (κ3) is 2.99. The lowest BCUT2D eigenvalue weighted by molar-refractivity contribution is -0.204. The van der Waals surface area contributed by atoms with E-state index in [4.69, 9.17) is 19.3 Å². The molecule has 1 heterocycles. The number of aliphatic hydroxyl groups is 1. The van der Waals surface area contributed by atoms with Crippen LogP contribution in [-0.2, 0) is 14.2 Å². The van der Waals surface area contributed by atoms with Gasteiger partial charge >= 0.3 is 0 Å². The van der Waals surface area contributed by atoms with Crippen LogP contribution in [0.3, 0.4) is 0 Å². The smallest absolute Gasteiger partial charge is 0.269 e. The van der Waals surface area contributed by atoms with Crippen LogP contribution < -0.4 is 0 Å². The third-order valence-electron chi connectivity index (χ3n) is 1.96. The molecule has 3 atom stereocenters. The Morgan fingerprint density at radius 1 is 1.77 bits per heavy atom. The van der Waals surface area contributed by atoms with Gasteiger partial charge in [-0.15, -0.1) is 0 Å². The van der Waals surface area contributed by atoms with Gasteiger partial charge in [0.25, 0.3) is 6.48 Å². The summed E-state index contributed by atoms with van der Waals surface area (Å²) in [5, 5.41) is 8.90. The number of hydrogen-bond donors (Lipinski definition) is 1. The molecular weight excluding hydrogens is 172 g/mol. The second-order valence-electron chi connectivity index (χ2n) is 3.07. The molecule has 0 saturated carbocycles. The van der Waals surface area contributed by atoms with Crippen LogP contribution in [0.5, 0.6) is 0 Å². The van der Waals surface area contributed by atoms with E-state index in [1.807, 2.05) is 13.8 Å². The Morgan fingerprint density at radius 3 is 2.92 bits per heavy atom. The number of aliphatic hydroxyl groups excluding tert-OH is 1. The largest absolute Gasteiger partial charge is 0.493 e. The monoisotopic (exact) mass is 188 g/mol. The molecule has 0 aliphatic carbocycles. The van der Waals surface area contributed by atoms with E-state index in [1.165, 1.54) is 0 Å². The van der Waals surface area contributed by atoms with Crippen LogP contribution >= 0.6 is 0 Å². The van der Waals surface area contributed by atoms with Crippen molar-refractivity contribution in [2.45, 2.75) is 39.0 Å². The topological polar surface area (TPSA) is 47.9 Å². The number of ether oxygens (including phenoxy) is 3. The molecule has 76 valence electrons. The van der Waals surface area contributed by atoms with E-state index >= 15 is 0 Å². The zero-order valence-electron chi connectivity index (χ0n) is 8.03. The molecule has 1 N–H and O–H groups in total. The minimum absolute atomic E-state index is 0.119. The minimum atomic E-state index is -1.14. The lowest BCUT2D eigenvalue weighted by atomic mass is 10.3. The van der Waals surface area contributed by atoms with Crippen LogP contribution in [0.4, 0.5) is 0 Å². The Kier molecular flexibility index (Phi) is 3.71. The molecule has 2 unspecified atom stereocenters. The number of rotatable bonds is 4. The van der Waals surface area contributed by atoms with E-state index in [-0.39, 0.29) is 12.2 Å². The van der Waals surface area contributed by atoms with Crippen molar-refractivity contribution in [3.05, 3.63) is 12.3 Å². The van der Waals surface area contributed by atoms with Crippen molar-refractivity contribution in [2.24, 2.45) is 0 Å². The molecule has 1 aliphatic heterocycles. The van der Waals surface area contributed by atoms with E-state index in [0.717, 1.165) is 6.42 Å². The van der Waals surface area contributed by atoms with Crippen LogP contribution in [0.15, 0.2) is 12.3 Å². The van der Waals surface area contributed by atoms with Crippen LogP contribution in [-0.4, -0.2) is 30.4 Å². The molecular formula is C9H16O4. The maximum Gasteiger partial charge on any atom is 0.269 e. The Bertz CT molecular complexity index is 180. The Balaban J connectivity index is 2.31. The second-order valence-corrected chi connectivity index (χ2v) is 3.07. The van der Waals surface area contributed by atoms with Crippen LogP contribution in [0.1, 0.15) is 20.3 Å². The van der Waals surface area contributed by atoms with Gasteiger partial charge in [-0.3, -0.25) is 0 Å². The lowest BCUT2D eigenvalue weighted by Crippen LogP contribution is -2.19. The molecule has 1 saturated heterocycles. The minimum Gasteiger partial charge on any atom is -0.493 e. The standard InChI is InChI=1S/C9H16O4/c1-4-6(2)12-7(3)8-5-11-9(10)13-8/h6,8-10H,3-5H2,1-2H3/t6-,8?,9?/m0/s1. The molecule has 1 aliphatic rings. The third-order valence-corrected chi connectivity index (χ3v) is 1.96. The first kappa shape index (κ1) is 10.5. The molecule has 1 rings (SSSR count). The molecule has 0 amide bonds. The molecule has 13 heavy (non-hydrogen) atoms. The highest BCUT2D eigenvalue weighted by Gasteiger charge is 2.27. The summed E-state index contributed by atoms with van der Waals surface area (Å²) in [6, 6.07) is 0. The van der Waals surface area contributed by atoms with Crippen LogP contribution in [0, 0.1) is 0 Å². The summed E-state index contributed by atoms with van der Waals surface area (Å²) in [5.74, 6) is 0.519. The summed E-state index contributed by atoms with van der Waals surface area (Å²) in [7, 11) is 0.